The lowest BCUT2D eigenvalue weighted by Crippen LogP contribution is -2.48. The summed E-state index contributed by atoms with van der Waals surface area (Å²) in [4.78, 5) is 2.28. The van der Waals surface area contributed by atoms with Crippen LogP contribution in [0.15, 0.2) is 12.1 Å². The Morgan fingerprint density at radius 2 is 1.89 bits per heavy atom. The van der Waals surface area contributed by atoms with E-state index >= 15 is 0 Å². The Balaban J connectivity index is 3.23. The van der Waals surface area contributed by atoms with E-state index in [1.165, 1.54) is 11.1 Å². The minimum absolute atomic E-state index is 0.0300. The van der Waals surface area contributed by atoms with Crippen LogP contribution in [0.4, 0.5) is 5.69 Å². The summed E-state index contributed by atoms with van der Waals surface area (Å²) in [6.45, 7) is 9.57. The highest BCUT2D eigenvalue weighted by Crippen LogP contribution is 2.35. The first-order valence-corrected chi connectivity index (χ1v) is 6.37. The van der Waals surface area contributed by atoms with Crippen LogP contribution in [-0.2, 0) is 0 Å². The van der Waals surface area contributed by atoms with Gasteiger partial charge in [0.05, 0.1) is 12.8 Å². The van der Waals surface area contributed by atoms with E-state index in [4.69, 9.17) is 4.74 Å². The summed E-state index contributed by atoms with van der Waals surface area (Å²) in [5.74, 6) is 0.965. The third-order valence-corrected chi connectivity index (χ3v) is 3.48. The molecular weight excluding hydrogens is 224 g/mol. The van der Waals surface area contributed by atoms with E-state index in [9.17, 15) is 0 Å². The van der Waals surface area contributed by atoms with Crippen molar-refractivity contribution in [1.29, 1.82) is 0 Å². The van der Waals surface area contributed by atoms with Gasteiger partial charge in [0.2, 0.25) is 0 Å². The second kappa shape index (κ2) is 5.61. The van der Waals surface area contributed by atoms with Crippen molar-refractivity contribution in [3.05, 3.63) is 23.3 Å². The van der Waals surface area contributed by atoms with Crippen molar-refractivity contribution in [2.45, 2.75) is 33.2 Å². The summed E-state index contributed by atoms with van der Waals surface area (Å²) in [6, 6.07) is 4.34. The number of nitrogens with zero attached hydrogens (tertiary/aromatic N) is 1. The first kappa shape index (κ1) is 14.8. The van der Waals surface area contributed by atoms with Crippen LogP contribution in [0.3, 0.4) is 0 Å². The van der Waals surface area contributed by atoms with Gasteiger partial charge in [-0.1, -0.05) is 6.07 Å². The second-order valence-corrected chi connectivity index (χ2v) is 5.54. The molecule has 3 heteroatoms. The largest absolute Gasteiger partial charge is 0.494 e. The zero-order chi connectivity index (χ0) is 13.9. The number of aryl methyl sites for hydroxylation is 2. The molecule has 0 amide bonds. The molecule has 0 aliphatic heterocycles. The average molecular weight is 250 g/mol. The third-order valence-electron chi connectivity index (χ3n) is 3.48. The molecule has 18 heavy (non-hydrogen) atoms. The Morgan fingerprint density at radius 1 is 1.28 bits per heavy atom. The molecule has 0 spiro atoms. The fourth-order valence-electron chi connectivity index (χ4n) is 2.32. The summed E-state index contributed by atoms with van der Waals surface area (Å²) >= 11 is 0. The van der Waals surface area contributed by atoms with Gasteiger partial charge in [-0.3, -0.25) is 0 Å². The second-order valence-electron chi connectivity index (χ2n) is 5.54. The summed E-state index contributed by atoms with van der Waals surface area (Å²) in [7, 11) is 5.84. The maximum Gasteiger partial charge on any atom is 0.145 e. The standard InChI is InChI=1S/C15H26N2O/c1-11-8-12(2)14(18-7)13(9-11)17(6)15(3,4)10-16-5/h8-9,16H,10H2,1-7H3. The Morgan fingerprint density at radius 3 is 2.39 bits per heavy atom. The molecule has 0 aliphatic carbocycles. The van der Waals surface area contributed by atoms with Crippen LogP contribution in [-0.4, -0.2) is 33.3 Å². The summed E-state index contributed by atoms with van der Waals surface area (Å²) < 4.78 is 5.56. The highest BCUT2D eigenvalue weighted by Gasteiger charge is 2.25. The lowest BCUT2D eigenvalue weighted by atomic mass is 10.0. The Bertz CT molecular complexity index is 413. The molecule has 0 unspecified atom stereocenters. The predicted octanol–water partition coefficient (Wildman–Crippen LogP) is 2.75. The van der Waals surface area contributed by atoms with Crippen LogP contribution in [0.25, 0.3) is 0 Å². The van der Waals surface area contributed by atoms with Crippen LogP contribution >= 0.6 is 0 Å². The zero-order valence-electron chi connectivity index (χ0n) is 12.7. The highest BCUT2D eigenvalue weighted by molar-refractivity contribution is 5.64. The van der Waals surface area contributed by atoms with Crippen LogP contribution in [0, 0.1) is 13.8 Å². The predicted molar refractivity (Wildman–Crippen MR) is 78.9 cm³/mol. The van der Waals surface area contributed by atoms with Crippen molar-refractivity contribution < 1.29 is 4.74 Å². The van der Waals surface area contributed by atoms with Gasteiger partial charge in [-0.25, -0.2) is 0 Å². The normalized spacial score (nSPS) is 11.5. The van der Waals surface area contributed by atoms with Gasteiger partial charge in [-0.05, 0) is 51.9 Å². The number of anilines is 1. The Labute approximate surface area is 111 Å². The van der Waals surface area contributed by atoms with Crippen molar-refractivity contribution in [3.63, 3.8) is 0 Å². The number of rotatable bonds is 5. The lowest BCUT2D eigenvalue weighted by Gasteiger charge is -2.38. The minimum Gasteiger partial charge on any atom is -0.494 e. The van der Waals surface area contributed by atoms with E-state index in [0.717, 1.165) is 18.0 Å². The van der Waals surface area contributed by atoms with Gasteiger partial charge in [0.25, 0.3) is 0 Å². The fourth-order valence-corrected chi connectivity index (χ4v) is 2.32. The van der Waals surface area contributed by atoms with Crippen molar-refractivity contribution in [1.82, 2.24) is 5.32 Å². The quantitative estimate of drug-likeness (QED) is 0.869. The van der Waals surface area contributed by atoms with Crippen LogP contribution in [0.2, 0.25) is 0 Å². The monoisotopic (exact) mass is 250 g/mol. The van der Waals surface area contributed by atoms with Crippen LogP contribution in [0.5, 0.6) is 5.75 Å². The first-order valence-electron chi connectivity index (χ1n) is 6.37. The number of nitrogens with one attached hydrogen (secondary N) is 1. The van der Waals surface area contributed by atoms with Gasteiger partial charge in [0, 0.05) is 19.1 Å². The number of ether oxygens (including phenoxy) is 1. The molecule has 1 N–H and O–H groups in total. The molecule has 3 nitrogen and oxygen atoms in total. The molecule has 0 saturated carbocycles. The molecule has 0 atom stereocenters. The molecule has 0 radical (unpaired) electrons. The van der Waals surface area contributed by atoms with Crippen LogP contribution < -0.4 is 15.0 Å². The molecule has 0 bridgehead atoms. The van der Waals surface area contributed by atoms with Crippen molar-refractivity contribution >= 4 is 5.69 Å². The number of hydrogen-bond acceptors (Lipinski definition) is 3. The molecule has 0 heterocycles. The third kappa shape index (κ3) is 2.96. The number of likely N-dealkylation sites (N-methyl/N-ethyl adjacent to an activating group) is 2. The summed E-state index contributed by atoms with van der Waals surface area (Å²) in [5, 5.41) is 3.24. The topological polar surface area (TPSA) is 24.5 Å². The molecule has 0 aromatic heterocycles. The SMILES string of the molecule is CNCC(C)(C)N(C)c1cc(C)cc(C)c1OC. The number of benzene rings is 1. The molecule has 1 aromatic rings. The van der Waals surface area contributed by atoms with Gasteiger partial charge in [0.15, 0.2) is 0 Å². The lowest BCUT2D eigenvalue weighted by molar-refractivity contribution is 0.402. The summed E-state index contributed by atoms with van der Waals surface area (Å²) in [5.41, 5.74) is 3.62. The number of hydrogen-bond donors (Lipinski definition) is 1. The minimum atomic E-state index is 0.0300. The van der Waals surface area contributed by atoms with Crippen molar-refractivity contribution in [2.24, 2.45) is 0 Å². The molecule has 0 aliphatic rings. The maximum atomic E-state index is 5.56. The van der Waals surface area contributed by atoms with E-state index < -0.39 is 0 Å². The maximum absolute atomic E-state index is 5.56. The Kier molecular flexibility index (Phi) is 4.63. The smallest absolute Gasteiger partial charge is 0.145 e. The molecule has 0 saturated heterocycles. The van der Waals surface area contributed by atoms with Crippen molar-refractivity contribution in [2.75, 3.05) is 32.6 Å². The zero-order valence-corrected chi connectivity index (χ0v) is 12.7. The highest BCUT2D eigenvalue weighted by atomic mass is 16.5. The fraction of sp³-hybridized carbons (Fsp3) is 0.600. The van der Waals surface area contributed by atoms with E-state index in [-0.39, 0.29) is 5.54 Å². The van der Waals surface area contributed by atoms with Crippen LogP contribution in [0.1, 0.15) is 25.0 Å². The molecule has 1 aromatic carbocycles. The van der Waals surface area contributed by atoms with Gasteiger partial charge in [0.1, 0.15) is 5.75 Å². The Hall–Kier alpha value is -1.22. The molecule has 102 valence electrons. The summed E-state index contributed by atoms with van der Waals surface area (Å²) in [6.07, 6.45) is 0. The van der Waals surface area contributed by atoms with Crippen molar-refractivity contribution in [3.8, 4) is 5.75 Å². The van der Waals surface area contributed by atoms with E-state index in [1.807, 2.05) is 7.05 Å². The average Bonchev–Trinajstić information content (AvgIpc) is 2.27. The van der Waals surface area contributed by atoms with Gasteiger partial charge in [-0.2, -0.15) is 0 Å². The van der Waals surface area contributed by atoms with E-state index in [0.29, 0.717) is 0 Å². The first-order chi connectivity index (χ1) is 8.33. The molecular formula is C15H26N2O. The number of methoxy groups -OCH3 is 1. The van der Waals surface area contributed by atoms with Gasteiger partial charge >= 0.3 is 0 Å². The van der Waals surface area contributed by atoms with Gasteiger partial charge < -0.3 is 15.0 Å². The molecule has 0 fully saturated rings. The van der Waals surface area contributed by atoms with E-state index in [1.54, 1.807) is 7.11 Å². The molecule has 1 rings (SSSR count). The van der Waals surface area contributed by atoms with E-state index in [2.05, 4.69) is 57.1 Å². The van der Waals surface area contributed by atoms with Gasteiger partial charge in [-0.15, -0.1) is 0 Å².